The summed E-state index contributed by atoms with van der Waals surface area (Å²) in [7, 11) is -3.83. The molecule has 0 bridgehead atoms. The fraction of sp³-hybridized carbons (Fsp3) is 0.125. The first-order chi connectivity index (χ1) is 16.1. The molecule has 3 aromatic carbocycles. The van der Waals surface area contributed by atoms with Gasteiger partial charge in [0.1, 0.15) is 12.4 Å². The van der Waals surface area contributed by atoms with E-state index in [0.29, 0.717) is 16.9 Å². The highest BCUT2D eigenvalue weighted by Gasteiger charge is 2.17. The van der Waals surface area contributed by atoms with Crippen molar-refractivity contribution in [1.82, 2.24) is 9.55 Å². The Morgan fingerprint density at radius 3 is 2.38 bits per heavy atom. The summed E-state index contributed by atoms with van der Waals surface area (Å²) >= 11 is 0. The van der Waals surface area contributed by atoms with Crippen LogP contribution < -0.4 is 15.6 Å². The van der Waals surface area contributed by atoms with Gasteiger partial charge in [-0.25, -0.2) is 17.8 Å². The van der Waals surface area contributed by atoms with Gasteiger partial charge in [0.05, 0.1) is 27.8 Å². The second-order valence-corrected chi connectivity index (χ2v) is 9.47. The molecule has 0 radical (unpaired) electrons. The minimum absolute atomic E-state index is 0.0325. The zero-order valence-electron chi connectivity index (χ0n) is 18.4. The van der Waals surface area contributed by atoms with E-state index >= 15 is 0 Å². The number of carbonyl (C=O) groups is 1. The van der Waals surface area contributed by atoms with Crippen molar-refractivity contribution in [3.8, 4) is 0 Å². The van der Waals surface area contributed by atoms with Crippen LogP contribution in [0.5, 0.6) is 0 Å². The molecule has 0 atom stereocenters. The van der Waals surface area contributed by atoms with Gasteiger partial charge in [0.25, 0.3) is 15.6 Å². The largest absolute Gasteiger partial charge is 0.325 e. The highest BCUT2D eigenvalue weighted by atomic mass is 32.2. The van der Waals surface area contributed by atoms with E-state index in [9.17, 15) is 22.4 Å². The molecule has 0 fully saturated rings. The summed E-state index contributed by atoms with van der Waals surface area (Å²) in [6.45, 7) is 3.29. The number of amides is 1. The Kier molecular flexibility index (Phi) is 6.16. The molecule has 8 nitrogen and oxygen atoms in total. The van der Waals surface area contributed by atoms with Gasteiger partial charge in [-0.15, -0.1) is 0 Å². The zero-order chi connectivity index (χ0) is 24.5. The number of aryl methyl sites for hydroxylation is 2. The quantitative estimate of drug-likeness (QED) is 0.438. The topological polar surface area (TPSA) is 110 Å². The minimum Gasteiger partial charge on any atom is -0.325 e. The van der Waals surface area contributed by atoms with Crippen LogP contribution in [-0.2, 0) is 21.4 Å². The predicted molar refractivity (Wildman–Crippen MR) is 128 cm³/mol. The van der Waals surface area contributed by atoms with Gasteiger partial charge in [-0.3, -0.25) is 18.9 Å². The molecule has 0 saturated heterocycles. The summed E-state index contributed by atoms with van der Waals surface area (Å²) in [5, 5.41) is 2.68. The van der Waals surface area contributed by atoms with Gasteiger partial charge in [-0.05, 0) is 67.4 Å². The third kappa shape index (κ3) is 4.81. The number of nitrogens with one attached hydrogen (secondary N) is 2. The number of rotatable bonds is 6. The first-order valence-electron chi connectivity index (χ1n) is 10.3. The van der Waals surface area contributed by atoms with Crippen molar-refractivity contribution in [2.75, 3.05) is 10.0 Å². The number of hydrogen-bond donors (Lipinski definition) is 2. The van der Waals surface area contributed by atoms with Crippen molar-refractivity contribution in [2.45, 2.75) is 25.3 Å². The molecule has 0 spiro atoms. The standard InChI is InChI=1S/C24H21FN4O4S/c1-15-4-3-5-16(2)23(15)28-34(32,33)19-9-7-18(8-10-19)27-22(30)13-29-14-26-21-11-6-17(25)12-20(21)24(29)31/h3-12,14,28H,13H2,1-2H3,(H,27,30). The maximum absolute atomic E-state index is 13.5. The lowest BCUT2D eigenvalue weighted by Gasteiger charge is -2.13. The average molecular weight is 481 g/mol. The van der Waals surface area contributed by atoms with Crippen molar-refractivity contribution < 1.29 is 17.6 Å². The summed E-state index contributed by atoms with van der Waals surface area (Å²) in [5.41, 5.74) is 2.26. The second-order valence-electron chi connectivity index (χ2n) is 7.78. The lowest BCUT2D eigenvalue weighted by Crippen LogP contribution is -2.28. The molecule has 1 amide bonds. The Labute approximate surface area is 195 Å². The van der Waals surface area contributed by atoms with E-state index in [1.54, 1.807) is 0 Å². The second kappa shape index (κ2) is 9.06. The highest BCUT2D eigenvalue weighted by molar-refractivity contribution is 7.92. The number of aromatic nitrogens is 2. The molecule has 34 heavy (non-hydrogen) atoms. The summed E-state index contributed by atoms with van der Waals surface area (Å²) in [6.07, 6.45) is 1.22. The number of benzene rings is 3. The van der Waals surface area contributed by atoms with Crippen molar-refractivity contribution in [1.29, 1.82) is 0 Å². The van der Waals surface area contributed by atoms with Crippen molar-refractivity contribution >= 4 is 38.2 Å². The third-order valence-electron chi connectivity index (χ3n) is 5.27. The number of fused-ring (bicyclic) bond motifs is 1. The molecule has 0 aliphatic carbocycles. The maximum atomic E-state index is 13.5. The van der Waals surface area contributed by atoms with Crippen LogP contribution in [0.1, 0.15) is 11.1 Å². The van der Waals surface area contributed by atoms with Crippen molar-refractivity contribution in [3.05, 3.63) is 94.3 Å². The van der Waals surface area contributed by atoms with Gasteiger partial charge in [0.2, 0.25) is 5.91 Å². The number of carbonyl (C=O) groups excluding carboxylic acids is 1. The number of halogens is 1. The summed E-state index contributed by atoms with van der Waals surface area (Å²) in [6, 6.07) is 14.8. The Morgan fingerprint density at radius 2 is 1.71 bits per heavy atom. The molecule has 4 aromatic rings. The SMILES string of the molecule is Cc1cccc(C)c1NS(=O)(=O)c1ccc(NC(=O)Cn2cnc3ccc(F)cc3c2=O)cc1. The number of para-hydroxylation sites is 1. The Hall–Kier alpha value is -4.05. The summed E-state index contributed by atoms with van der Waals surface area (Å²) < 4.78 is 42.7. The lowest BCUT2D eigenvalue weighted by molar-refractivity contribution is -0.116. The molecule has 0 saturated carbocycles. The highest BCUT2D eigenvalue weighted by Crippen LogP contribution is 2.24. The van der Waals surface area contributed by atoms with Crippen molar-refractivity contribution in [2.24, 2.45) is 0 Å². The summed E-state index contributed by atoms with van der Waals surface area (Å²) in [4.78, 5) is 29.1. The number of anilines is 2. The first kappa shape index (κ1) is 23.1. The molecule has 4 rings (SSSR count). The predicted octanol–water partition coefficient (Wildman–Crippen LogP) is 3.59. The Balaban J connectivity index is 1.47. The van der Waals surface area contributed by atoms with Crippen molar-refractivity contribution in [3.63, 3.8) is 0 Å². The van der Waals surface area contributed by atoms with E-state index in [4.69, 9.17) is 0 Å². The van der Waals surface area contributed by atoms with Crippen LogP contribution in [0.4, 0.5) is 15.8 Å². The molecule has 2 N–H and O–H groups in total. The third-order valence-corrected chi connectivity index (χ3v) is 6.63. The van der Waals surface area contributed by atoms with Crippen LogP contribution in [0.2, 0.25) is 0 Å². The van der Waals surface area contributed by atoms with Crippen LogP contribution in [0.25, 0.3) is 10.9 Å². The van der Waals surface area contributed by atoms with E-state index in [-0.39, 0.29) is 16.8 Å². The Morgan fingerprint density at radius 1 is 1.03 bits per heavy atom. The molecule has 1 aromatic heterocycles. The lowest BCUT2D eigenvalue weighted by atomic mass is 10.1. The van der Waals surface area contributed by atoms with Crippen LogP contribution in [0, 0.1) is 19.7 Å². The minimum atomic E-state index is -3.83. The van der Waals surface area contributed by atoms with Gasteiger partial charge < -0.3 is 5.32 Å². The summed E-state index contributed by atoms with van der Waals surface area (Å²) in [5.74, 6) is -1.10. The van der Waals surface area contributed by atoms with Gasteiger partial charge in [-0.1, -0.05) is 18.2 Å². The van der Waals surface area contributed by atoms with Gasteiger partial charge >= 0.3 is 0 Å². The zero-order valence-corrected chi connectivity index (χ0v) is 19.2. The number of nitrogens with zero attached hydrogens (tertiary/aromatic N) is 2. The van der Waals surface area contributed by atoms with E-state index < -0.39 is 27.3 Å². The number of sulfonamides is 1. The molecule has 10 heteroatoms. The average Bonchev–Trinajstić information content (AvgIpc) is 2.79. The molecular weight excluding hydrogens is 459 g/mol. The fourth-order valence-electron chi connectivity index (χ4n) is 3.49. The molecule has 1 heterocycles. The molecule has 174 valence electrons. The van der Waals surface area contributed by atoms with Gasteiger partial charge in [0.15, 0.2) is 0 Å². The van der Waals surface area contributed by atoms with Gasteiger partial charge in [0, 0.05) is 5.69 Å². The van der Waals surface area contributed by atoms with Crippen LogP contribution in [-0.4, -0.2) is 23.9 Å². The molecular formula is C24H21FN4O4S. The normalized spacial score (nSPS) is 11.4. The van der Waals surface area contributed by atoms with Crippen LogP contribution in [0.15, 0.2) is 76.7 Å². The molecule has 0 aliphatic rings. The van der Waals surface area contributed by atoms with E-state index in [0.717, 1.165) is 21.8 Å². The van der Waals surface area contributed by atoms with E-state index in [1.807, 2.05) is 32.0 Å². The van der Waals surface area contributed by atoms with E-state index in [1.165, 1.54) is 42.7 Å². The monoisotopic (exact) mass is 480 g/mol. The van der Waals surface area contributed by atoms with Crippen LogP contribution >= 0.6 is 0 Å². The molecule has 0 unspecified atom stereocenters. The molecule has 0 aliphatic heterocycles. The first-order valence-corrected chi connectivity index (χ1v) is 11.8. The Bertz CT molecular complexity index is 1540. The van der Waals surface area contributed by atoms with Crippen LogP contribution in [0.3, 0.4) is 0 Å². The number of hydrogen-bond acceptors (Lipinski definition) is 5. The maximum Gasteiger partial charge on any atom is 0.261 e. The van der Waals surface area contributed by atoms with E-state index in [2.05, 4.69) is 15.0 Å². The smallest absolute Gasteiger partial charge is 0.261 e. The van der Waals surface area contributed by atoms with Gasteiger partial charge in [-0.2, -0.15) is 0 Å². The fourth-order valence-corrected chi connectivity index (χ4v) is 4.69.